The van der Waals surface area contributed by atoms with Gasteiger partial charge in [-0.1, -0.05) is 12.1 Å². The maximum atomic E-state index is 12.5. The molecule has 22 heavy (non-hydrogen) atoms. The van der Waals surface area contributed by atoms with E-state index < -0.39 is 5.97 Å². The van der Waals surface area contributed by atoms with E-state index in [1.165, 1.54) is 25.3 Å². The minimum absolute atomic E-state index is 0.0319. The molecular weight excluding hydrogens is 350 g/mol. The fraction of sp³-hybridized carbons (Fsp3) is 0.0625. The second kappa shape index (κ2) is 5.38. The molecule has 2 aromatic carbocycles. The van der Waals surface area contributed by atoms with Crippen LogP contribution in [0.1, 0.15) is 26.3 Å². The Morgan fingerprint density at radius 1 is 1.18 bits per heavy atom. The number of Topliss-reactive ketones (excluding diaryl/α,β-unsaturated/α-hetero) is 1. The van der Waals surface area contributed by atoms with Crippen LogP contribution < -0.4 is 0 Å². The van der Waals surface area contributed by atoms with Crippen molar-refractivity contribution in [2.24, 2.45) is 0 Å². The number of hydrogen-bond acceptors (Lipinski definition) is 4. The Bertz CT molecular complexity index is 842. The van der Waals surface area contributed by atoms with Crippen molar-refractivity contribution < 1.29 is 19.1 Å². The molecule has 0 unspecified atom stereocenters. The highest BCUT2D eigenvalue weighted by Gasteiger charge is 2.38. The van der Waals surface area contributed by atoms with E-state index in [0.29, 0.717) is 14.8 Å². The number of rotatable bonds is 2. The Morgan fingerprint density at radius 2 is 1.91 bits per heavy atom. The minimum atomic E-state index is -0.557. The highest BCUT2D eigenvalue weighted by Crippen LogP contribution is 2.31. The molecule has 0 radical (unpaired) electrons. The van der Waals surface area contributed by atoms with Gasteiger partial charge in [0.15, 0.2) is 0 Å². The van der Waals surface area contributed by atoms with Gasteiger partial charge >= 0.3 is 5.97 Å². The molecule has 0 atom stereocenters. The van der Waals surface area contributed by atoms with Crippen molar-refractivity contribution in [3.05, 3.63) is 68.8 Å². The van der Waals surface area contributed by atoms with Gasteiger partial charge in [0.1, 0.15) is 5.56 Å². The molecule has 0 saturated carbocycles. The van der Waals surface area contributed by atoms with Gasteiger partial charge in [-0.15, -0.1) is 0 Å². The van der Waals surface area contributed by atoms with Crippen LogP contribution in [0.15, 0.2) is 46.9 Å². The molecule has 0 bridgehead atoms. The fourth-order valence-electron chi connectivity index (χ4n) is 2.36. The lowest BCUT2D eigenvalue weighted by molar-refractivity contribution is -0.355. The zero-order valence-corrected chi connectivity index (χ0v) is 13.1. The van der Waals surface area contributed by atoms with E-state index in [2.05, 4.69) is 20.7 Å². The Hall–Kier alpha value is -2.47. The van der Waals surface area contributed by atoms with Crippen LogP contribution in [0.3, 0.4) is 0 Å². The summed E-state index contributed by atoms with van der Waals surface area (Å²) >= 11 is 3.34. The molecule has 0 spiro atoms. The minimum Gasteiger partial charge on any atom is -0.618 e. The molecule has 0 saturated heterocycles. The number of hydrogen-bond donors (Lipinski definition) is 0. The summed E-state index contributed by atoms with van der Waals surface area (Å²) in [4.78, 5) is 24.1. The third kappa shape index (κ3) is 2.12. The smallest absolute Gasteiger partial charge is 0.338 e. The average molecular weight is 360 g/mol. The zero-order valence-electron chi connectivity index (χ0n) is 11.5. The molecule has 5 nitrogen and oxygen atoms in total. The summed E-state index contributed by atoms with van der Waals surface area (Å²) < 4.78 is 5.84. The number of nitrogens with zero attached hydrogens (tertiary/aromatic N) is 1. The number of carbonyl (C=O) groups is 2. The summed E-state index contributed by atoms with van der Waals surface area (Å²) in [6, 6.07) is 11.3. The van der Waals surface area contributed by atoms with Crippen LogP contribution in [0, 0.1) is 5.21 Å². The lowest BCUT2D eigenvalue weighted by Crippen LogP contribution is -2.17. The maximum absolute atomic E-state index is 12.5. The van der Waals surface area contributed by atoms with Gasteiger partial charge in [-0.3, -0.25) is 4.79 Å². The summed E-state index contributed by atoms with van der Waals surface area (Å²) in [5.41, 5.74) is 1.19. The number of methoxy groups -OCH3 is 1. The predicted molar refractivity (Wildman–Crippen MR) is 83.7 cm³/mol. The molecule has 110 valence electrons. The second-order valence-electron chi connectivity index (χ2n) is 4.68. The van der Waals surface area contributed by atoms with Crippen molar-refractivity contribution in [1.82, 2.24) is 0 Å². The van der Waals surface area contributed by atoms with Crippen LogP contribution in [-0.2, 0) is 4.74 Å². The molecule has 0 fully saturated rings. The monoisotopic (exact) mass is 359 g/mol. The first-order valence-corrected chi connectivity index (χ1v) is 7.20. The topological polar surface area (TPSA) is 69.4 Å². The Labute approximate surface area is 134 Å². The Morgan fingerprint density at radius 3 is 2.59 bits per heavy atom. The first-order chi connectivity index (χ1) is 10.5. The normalized spacial score (nSPS) is 13.3. The number of ether oxygens (including phenoxy) is 1. The van der Waals surface area contributed by atoms with Crippen molar-refractivity contribution in [3.8, 4) is 0 Å². The molecule has 1 aliphatic rings. The number of benzene rings is 2. The van der Waals surface area contributed by atoms with Crippen LogP contribution in [0.5, 0.6) is 0 Å². The molecule has 2 aromatic rings. The second-order valence-corrected chi connectivity index (χ2v) is 5.53. The average Bonchev–Trinajstić information content (AvgIpc) is 2.78. The van der Waals surface area contributed by atoms with E-state index in [9.17, 15) is 14.8 Å². The largest absolute Gasteiger partial charge is 0.618 e. The van der Waals surface area contributed by atoms with E-state index in [0.717, 1.165) is 0 Å². The summed E-state index contributed by atoms with van der Waals surface area (Å²) in [7, 11) is 1.26. The molecule has 0 aromatic heterocycles. The SMILES string of the molecule is COC(=O)c1ccc2c(c1)[N+]([O-])=C(c1ccccc1Br)C2=O. The molecule has 0 aliphatic carbocycles. The van der Waals surface area contributed by atoms with Gasteiger partial charge in [0.2, 0.25) is 5.69 Å². The van der Waals surface area contributed by atoms with Crippen molar-refractivity contribution >= 4 is 39.1 Å². The molecule has 1 aliphatic heterocycles. The molecule has 6 heteroatoms. The molecular formula is C16H10BrNO4. The fourth-order valence-corrected chi connectivity index (χ4v) is 2.83. The molecule has 3 rings (SSSR count). The van der Waals surface area contributed by atoms with Crippen LogP contribution in [0.25, 0.3) is 0 Å². The number of esters is 1. The van der Waals surface area contributed by atoms with Crippen LogP contribution >= 0.6 is 15.9 Å². The van der Waals surface area contributed by atoms with E-state index in [1.54, 1.807) is 24.3 Å². The standard InChI is InChI=1S/C16H10BrNO4/c1-22-16(20)9-6-7-11-13(8-9)18(21)14(15(11)19)10-4-2-3-5-12(10)17/h2-8H,1H3. The Balaban J connectivity index is 2.18. The van der Waals surface area contributed by atoms with E-state index in [1.807, 2.05) is 0 Å². The van der Waals surface area contributed by atoms with Gasteiger partial charge in [0, 0.05) is 10.5 Å². The van der Waals surface area contributed by atoms with Crippen LogP contribution in [0.4, 0.5) is 5.69 Å². The highest BCUT2D eigenvalue weighted by molar-refractivity contribution is 9.10. The molecule has 1 heterocycles. The number of fused-ring (bicyclic) bond motifs is 1. The third-order valence-electron chi connectivity index (χ3n) is 3.43. The molecule has 0 amide bonds. The first-order valence-electron chi connectivity index (χ1n) is 6.40. The summed E-state index contributed by atoms with van der Waals surface area (Å²) in [6.07, 6.45) is 0. The number of ketones is 1. The van der Waals surface area contributed by atoms with E-state index in [-0.39, 0.29) is 28.3 Å². The quantitative estimate of drug-likeness (QED) is 0.469. The van der Waals surface area contributed by atoms with Crippen molar-refractivity contribution in [1.29, 1.82) is 0 Å². The number of halogens is 1. The lowest BCUT2D eigenvalue weighted by atomic mass is 10.0. The van der Waals surface area contributed by atoms with Crippen molar-refractivity contribution in [2.45, 2.75) is 0 Å². The van der Waals surface area contributed by atoms with Crippen molar-refractivity contribution in [3.63, 3.8) is 0 Å². The van der Waals surface area contributed by atoms with Gasteiger partial charge in [0.25, 0.3) is 11.5 Å². The van der Waals surface area contributed by atoms with Gasteiger partial charge in [0.05, 0.1) is 18.2 Å². The van der Waals surface area contributed by atoms with Crippen molar-refractivity contribution in [2.75, 3.05) is 7.11 Å². The Kier molecular flexibility index (Phi) is 3.54. The lowest BCUT2D eigenvalue weighted by Gasteiger charge is -2.04. The van der Waals surface area contributed by atoms with Gasteiger partial charge in [-0.2, -0.15) is 4.74 Å². The van der Waals surface area contributed by atoms with Crippen LogP contribution in [-0.4, -0.2) is 29.3 Å². The van der Waals surface area contributed by atoms with E-state index in [4.69, 9.17) is 0 Å². The maximum Gasteiger partial charge on any atom is 0.338 e. The highest BCUT2D eigenvalue weighted by atomic mass is 79.9. The van der Waals surface area contributed by atoms with Gasteiger partial charge < -0.3 is 9.94 Å². The summed E-state index contributed by atoms with van der Waals surface area (Å²) in [5, 5.41) is 12.5. The predicted octanol–water partition coefficient (Wildman–Crippen LogP) is 3.06. The summed E-state index contributed by atoms with van der Waals surface area (Å²) in [5.74, 6) is -0.925. The van der Waals surface area contributed by atoms with Gasteiger partial charge in [-0.05, 0) is 40.2 Å². The third-order valence-corrected chi connectivity index (χ3v) is 4.12. The first kappa shape index (κ1) is 14.5. The van der Waals surface area contributed by atoms with Crippen LogP contribution in [0.2, 0.25) is 0 Å². The van der Waals surface area contributed by atoms with Gasteiger partial charge in [-0.25, -0.2) is 4.79 Å². The van der Waals surface area contributed by atoms with E-state index >= 15 is 0 Å². The summed E-state index contributed by atoms with van der Waals surface area (Å²) in [6.45, 7) is 0. The zero-order chi connectivity index (χ0) is 15.9. The molecule has 0 N–H and O–H groups in total. The number of carbonyl (C=O) groups excluding carboxylic acids is 2.